The first-order valence-corrected chi connectivity index (χ1v) is 17.0. The average molecular weight is 692 g/mol. The van der Waals surface area contributed by atoms with Crippen molar-refractivity contribution in [1.82, 2.24) is 0 Å². The molecule has 2 aliphatic carbocycles. The van der Waals surface area contributed by atoms with Gasteiger partial charge < -0.3 is 0 Å². The molecule has 0 spiro atoms. The average Bonchev–Trinajstić information content (AvgIpc) is 3.77. The van der Waals surface area contributed by atoms with Gasteiger partial charge in [-0.05, 0) is 97.2 Å². The summed E-state index contributed by atoms with van der Waals surface area (Å²) >= 11 is 26.9. The van der Waals surface area contributed by atoms with Gasteiger partial charge in [0.05, 0.1) is 31.5 Å². The monoisotopic (exact) mass is 690 g/mol. The van der Waals surface area contributed by atoms with Crippen molar-refractivity contribution < 1.29 is 19.2 Å². The van der Waals surface area contributed by atoms with Crippen molar-refractivity contribution in [3.05, 3.63) is 102 Å². The van der Waals surface area contributed by atoms with E-state index in [-0.39, 0.29) is 64.5 Å². The molecular formula is C36H26Cl4N2O4. The fourth-order valence-corrected chi connectivity index (χ4v) is 9.21. The molecule has 6 nitrogen and oxygen atoms in total. The first-order valence-electron chi connectivity index (χ1n) is 15.5. The van der Waals surface area contributed by atoms with Gasteiger partial charge in [0.25, 0.3) is 23.6 Å². The molecule has 2 aliphatic heterocycles. The van der Waals surface area contributed by atoms with Crippen LogP contribution in [0.15, 0.2) is 48.5 Å². The summed E-state index contributed by atoms with van der Waals surface area (Å²) in [5.74, 6) is -1.91. The highest BCUT2D eigenvalue weighted by Gasteiger charge is 2.42. The van der Waals surface area contributed by atoms with E-state index in [1.54, 1.807) is 24.3 Å². The number of carbonyl (C=O) groups is 4. The van der Waals surface area contributed by atoms with Crippen LogP contribution in [0.5, 0.6) is 0 Å². The Hall–Kier alpha value is -3.42. The van der Waals surface area contributed by atoms with Gasteiger partial charge in [-0.15, -0.1) is 0 Å². The third-order valence-electron chi connectivity index (χ3n) is 10.1. The number of rotatable bonds is 4. The van der Waals surface area contributed by atoms with Crippen LogP contribution in [0.4, 0.5) is 11.4 Å². The molecule has 0 radical (unpaired) electrons. The Morgan fingerprint density at radius 1 is 0.457 bits per heavy atom. The lowest BCUT2D eigenvalue weighted by Gasteiger charge is -2.33. The van der Waals surface area contributed by atoms with E-state index in [0.29, 0.717) is 11.8 Å². The zero-order chi connectivity index (χ0) is 32.0. The number of carbonyl (C=O) groups excluding carboxylic acids is 4. The largest absolute Gasteiger partial charge is 0.268 e. The predicted molar refractivity (Wildman–Crippen MR) is 182 cm³/mol. The molecule has 0 saturated heterocycles. The van der Waals surface area contributed by atoms with Crippen molar-refractivity contribution in [2.45, 2.75) is 63.2 Å². The third-order valence-corrected chi connectivity index (χ3v) is 11.2. The van der Waals surface area contributed by atoms with Gasteiger partial charge >= 0.3 is 0 Å². The molecule has 2 heterocycles. The van der Waals surface area contributed by atoms with Gasteiger partial charge in [-0.1, -0.05) is 72.1 Å². The van der Waals surface area contributed by atoms with Gasteiger partial charge in [0.1, 0.15) is 0 Å². The molecule has 2 fully saturated rings. The Labute approximate surface area is 285 Å². The summed E-state index contributed by atoms with van der Waals surface area (Å²) in [4.78, 5) is 58.1. The number of imide groups is 2. The topological polar surface area (TPSA) is 74.8 Å². The molecule has 0 bridgehead atoms. The number of hydrogen-bond donors (Lipinski definition) is 0. The number of nitrogens with zero attached hydrogens (tertiary/aromatic N) is 2. The molecule has 4 aromatic carbocycles. The lowest BCUT2D eigenvalue weighted by atomic mass is 9.85. The molecular weight excluding hydrogens is 666 g/mol. The molecule has 0 atom stereocenters. The van der Waals surface area contributed by atoms with Gasteiger partial charge in [0.15, 0.2) is 0 Å². The molecule has 2 saturated carbocycles. The van der Waals surface area contributed by atoms with Crippen molar-refractivity contribution in [2.75, 3.05) is 9.80 Å². The van der Waals surface area contributed by atoms with Gasteiger partial charge in [-0.3, -0.25) is 19.2 Å². The molecule has 232 valence electrons. The summed E-state index contributed by atoms with van der Waals surface area (Å²) in [6.07, 6.45) is 8.66. The zero-order valence-electron chi connectivity index (χ0n) is 24.5. The zero-order valence-corrected chi connectivity index (χ0v) is 27.5. The second-order valence-corrected chi connectivity index (χ2v) is 14.2. The third kappa shape index (κ3) is 4.37. The summed E-state index contributed by atoms with van der Waals surface area (Å²) in [5.41, 5.74) is 2.85. The standard InChI is InChI=1S/C36H26Cl4N2O4/c37-25-13-19(17-5-1-2-6-17)14-26(38)31(25)41-33(43)21-9-11-23-30-24(12-10-22(29(21)30)34(41)44)36(46)42(35(23)45)32-27(39)15-20(16-28(32)40)18-7-3-4-8-18/h9-18H,1-8H2. The maximum atomic E-state index is 14.0. The highest BCUT2D eigenvalue weighted by Crippen LogP contribution is 2.47. The number of anilines is 2. The van der Waals surface area contributed by atoms with Crippen molar-refractivity contribution in [3.8, 4) is 0 Å². The minimum absolute atomic E-state index is 0.114. The summed E-state index contributed by atoms with van der Waals surface area (Å²) in [5, 5.41) is 1.31. The van der Waals surface area contributed by atoms with Crippen LogP contribution in [-0.2, 0) is 0 Å². The molecule has 0 N–H and O–H groups in total. The Morgan fingerprint density at radius 3 is 0.978 bits per heavy atom. The molecule has 4 amide bonds. The van der Waals surface area contributed by atoms with Crippen molar-refractivity contribution in [1.29, 1.82) is 0 Å². The lowest BCUT2D eigenvalue weighted by molar-refractivity contribution is 0.0873. The first-order chi connectivity index (χ1) is 22.2. The smallest absolute Gasteiger partial charge is 0.266 e. The quantitative estimate of drug-likeness (QED) is 0.200. The fourth-order valence-electron chi connectivity index (χ4n) is 7.87. The van der Waals surface area contributed by atoms with Crippen LogP contribution in [0.3, 0.4) is 0 Å². The number of hydrogen-bond acceptors (Lipinski definition) is 4. The van der Waals surface area contributed by atoms with Gasteiger partial charge in [-0.25, -0.2) is 9.80 Å². The van der Waals surface area contributed by atoms with E-state index in [1.807, 2.05) is 0 Å². The van der Waals surface area contributed by atoms with Crippen LogP contribution in [0.2, 0.25) is 20.1 Å². The van der Waals surface area contributed by atoms with Gasteiger partial charge in [0.2, 0.25) is 0 Å². The second kappa shape index (κ2) is 11.1. The highest BCUT2D eigenvalue weighted by atomic mass is 35.5. The minimum Gasteiger partial charge on any atom is -0.268 e. The summed E-state index contributed by atoms with van der Waals surface area (Å²) in [6, 6.07) is 13.2. The van der Waals surface area contributed by atoms with Crippen LogP contribution < -0.4 is 9.80 Å². The Kier molecular flexibility index (Phi) is 7.22. The minimum atomic E-state index is -0.644. The lowest BCUT2D eigenvalue weighted by Crippen LogP contribution is -2.43. The predicted octanol–water partition coefficient (Wildman–Crippen LogP) is 10.4. The molecule has 4 aliphatic rings. The molecule has 0 unspecified atom stereocenters. The van der Waals surface area contributed by atoms with E-state index < -0.39 is 23.6 Å². The van der Waals surface area contributed by atoms with E-state index in [4.69, 9.17) is 46.4 Å². The number of benzene rings is 4. The van der Waals surface area contributed by atoms with E-state index in [1.165, 1.54) is 24.3 Å². The highest BCUT2D eigenvalue weighted by molar-refractivity contribution is 6.48. The second-order valence-electron chi connectivity index (χ2n) is 12.6. The Morgan fingerprint density at radius 2 is 0.717 bits per heavy atom. The van der Waals surface area contributed by atoms with Crippen molar-refractivity contribution in [3.63, 3.8) is 0 Å². The Balaban J connectivity index is 1.21. The van der Waals surface area contributed by atoms with Crippen molar-refractivity contribution in [2.24, 2.45) is 0 Å². The van der Waals surface area contributed by atoms with Gasteiger partial charge in [-0.2, -0.15) is 0 Å². The van der Waals surface area contributed by atoms with Gasteiger partial charge in [0, 0.05) is 33.0 Å². The van der Waals surface area contributed by atoms with E-state index >= 15 is 0 Å². The maximum absolute atomic E-state index is 14.0. The van der Waals surface area contributed by atoms with Crippen LogP contribution in [0.25, 0.3) is 10.8 Å². The molecule has 46 heavy (non-hydrogen) atoms. The maximum Gasteiger partial charge on any atom is 0.266 e. The van der Waals surface area contributed by atoms with E-state index in [9.17, 15) is 19.2 Å². The number of halogens is 4. The van der Waals surface area contributed by atoms with Crippen LogP contribution in [-0.4, -0.2) is 23.6 Å². The first kappa shape index (κ1) is 29.9. The molecule has 0 aromatic heterocycles. The fraction of sp³-hybridized carbons (Fsp3) is 0.278. The van der Waals surface area contributed by atoms with Crippen LogP contribution in [0, 0.1) is 0 Å². The summed E-state index contributed by atoms with van der Waals surface area (Å²) in [6.45, 7) is 0. The summed E-state index contributed by atoms with van der Waals surface area (Å²) < 4.78 is 0. The summed E-state index contributed by atoms with van der Waals surface area (Å²) in [7, 11) is 0. The van der Waals surface area contributed by atoms with E-state index in [2.05, 4.69) is 0 Å². The van der Waals surface area contributed by atoms with Crippen LogP contribution in [0.1, 0.15) is 116 Å². The number of amides is 4. The molecule has 8 rings (SSSR count). The van der Waals surface area contributed by atoms with Crippen LogP contribution >= 0.6 is 46.4 Å². The Bertz CT molecular complexity index is 1800. The van der Waals surface area contributed by atoms with Crippen molar-refractivity contribution >= 4 is 92.2 Å². The van der Waals surface area contributed by atoms with E-state index in [0.717, 1.165) is 72.3 Å². The molecule has 4 aromatic rings. The molecule has 10 heteroatoms. The normalized spacial score (nSPS) is 18.5. The SMILES string of the molecule is O=C1c2ccc3c4c(ccc(c24)C(=O)N1c1c(Cl)cc(C2CCCC2)cc1Cl)C(=O)N(c1c(Cl)cc(C2CCCC2)cc1Cl)C3=O.